The predicted molar refractivity (Wildman–Crippen MR) is 66.1 cm³/mol. The summed E-state index contributed by atoms with van der Waals surface area (Å²) >= 11 is 0. The first-order chi connectivity index (χ1) is 9.19. The molecule has 6 heteroatoms. The number of carbonyl (C=O) groups excluding carboxylic acids is 1. The highest BCUT2D eigenvalue weighted by atomic mass is 16.4. The van der Waals surface area contributed by atoms with Gasteiger partial charge in [-0.2, -0.15) is 0 Å². The number of aldehydes is 1. The second-order valence-electron chi connectivity index (χ2n) is 3.94. The summed E-state index contributed by atoms with van der Waals surface area (Å²) in [6.07, 6.45) is 2.05. The van der Waals surface area contributed by atoms with Crippen LogP contribution in [0.2, 0.25) is 0 Å². The van der Waals surface area contributed by atoms with Gasteiger partial charge >= 0.3 is 5.97 Å². The van der Waals surface area contributed by atoms with E-state index in [4.69, 9.17) is 4.42 Å². The largest absolute Gasteiger partial charge is 0.478 e. The molecule has 0 fully saturated rings. The molecule has 0 aliphatic heterocycles. The second kappa shape index (κ2) is 4.09. The Kier molecular flexibility index (Phi) is 2.42. The Morgan fingerprint density at radius 2 is 2.21 bits per heavy atom. The average Bonchev–Trinajstić information content (AvgIpc) is 3.05. The monoisotopic (exact) mass is 256 g/mol. The Morgan fingerprint density at radius 3 is 2.89 bits per heavy atom. The van der Waals surface area contributed by atoms with E-state index < -0.39 is 5.97 Å². The number of aromatic carboxylic acids is 1. The van der Waals surface area contributed by atoms with Crippen LogP contribution in [0.3, 0.4) is 0 Å². The van der Waals surface area contributed by atoms with E-state index in [-0.39, 0.29) is 11.3 Å². The van der Waals surface area contributed by atoms with E-state index in [9.17, 15) is 14.7 Å². The van der Waals surface area contributed by atoms with Gasteiger partial charge in [0.15, 0.2) is 12.0 Å². The lowest BCUT2D eigenvalue weighted by atomic mass is 10.0. The number of aromatic amines is 1. The van der Waals surface area contributed by atoms with Crippen LogP contribution in [0.25, 0.3) is 22.4 Å². The Bertz CT molecular complexity index is 785. The van der Waals surface area contributed by atoms with Crippen molar-refractivity contribution >= 4 is 23.3 Å². The Balaban J connectivity index is 2.27. The van der Waals surface area contributed by atoms with E-state index in [1.54, 1.807) is 12.1 Å². The van der Waals surface area contributed by atoms with Gasteiger partial charge in [-0.1, -0.05) is 0 Å². The molecule has 0 saturated carbocycles. The van der Waals surface area contributed by atoms with Crippen molar-refractivity contribution in [2.75, 3.05) is 0 Å². The molecule has 94 valence electrons. The van der Waals surface area contributed by atoms with E-state index in [0.717, 1.165) is 0 Å². The fraction of sp³-hybridized carbons (Fsp3) is 0. The minimum atomic E-state index is -1.08. The minimum Gasteiger partial charge on any atom is -0.478 e. The van der Waals surface area contributed by atoms with Gasteiger partial charge in [-0.05, 0) is 24.3 Å². The first-order valence-electron chi connectivity index (χ1n) is 5.45. The number of aromatic nitrogens is 2. The third-order valence-electron chi connectivity index (χ3n) is 2.80. The van der Waals surface area contributed by atoms with Gasteiger partial charge in [-0.15, -0.1) is 0 Å². The van der Waals surface area contributed by atoms with Crippen LogP contribution in [-0.2, 0) is 0 Å². The molecule has 0 aliphatic carbocycles. The maximum atomic E-state index is 11.3. The molecule has 6 nitrogen and oxygen atoms in total. The van der Waals surface area contributed by atoms with Gasteiger partial charge in [0.25, 0.3) is 0 Å². The number of carboxylic acids is 1. The number of H-pyrrole nitrogens is 1. The molecule has 3 rings (SSSR count). The summed E-state index contributed by atoms with van der Waals surface area (Å²) in [5.41, 5.74) is 1.73. The normalized spacial score (nSPS) is 10.7. The van der Waals surface area contributed by atoms with Crippen LogP contribution in [-0.4, -0.2) is 27.3 Å². The molecule has 0 aliphatic rings. The van der Waals surface area contributed by atoms with Crippen LogP contribution in [0, 0.1) is 0 Å². The van der Waals surface area contributed by atoms with Crippen LogP contribution in [0.5, 0.6) is 0 Å². The van der Waals surface area contributed by atoms with Crippen molar-refractivity contribution < 1.29 is 19.1 Å². The maximum Gasteiger partial charge on any atom is 0.336 e. The summed E-state index contributed by atoms with van der Waals surface area (Å²) in [7, 11) is 0. The van der Waals surface area contributed by atoms with Crippen molar-refractivity contribution in [2.45, 2.75) is 0 Å². The first-order valence-corrected chi connectivity index (χ1v) is 5.45. The van der Waals surface area contributed by atoms with Crippen molar-refractivity contribution in [1.29, 1.82) is 0 Å². The summed E-state index contributed by atoms with van der Waals surface area (Å²) in [5.74, 6) is -0.601. The van der Waals surface area contributed by atoms with Gasteiger partial charge in [-0.25, -0.2) is 9.78 Å². The van der Waals surface area contributed by atoms with Gasteiger partial charge in [0.1, 0.15) is 5.76 Å². The highest BCUT2D eigenvalue weighted by Crippen LogP contribution is 2.28. The van der Waals surface area contributed by atoms with E-state index >= 15 is 0 Å². The van der Waals surface area contributed by atoms with Gasteiger partial charge in [0.05, 0.1) is 22.9 Å². The van der Waals surface area contributed by atoms with Crippen molar-refractivity contribution in [1.82, 2.24) is 9.97 Å². The van der Waals surface area contributed by atoms with E-state index in [1.165, 1.54) is 18.5 Å². The van der Waals surface area contributed by atoms with Gasteiger partial charge in [0.2, 0.25) is 0 Å². The molecule has 2 heterocycles. The lowest BCUT2D eigenvalue weighted by Crippen LogP contribution is -1.99. The summed E-state index contributed by atoms with van der Waals surface area (Å²) in [6, 6.07) is 6.16. The number of furan rings is 1. The summed E-state index contributed by atoms with van der Waals surface area (Å²) in [6.45, 7) is 0. The quantitative estimate of drug-likeness (QED) is 0.701. The van der Waals surface area contributed by atoms with Crippen molar-refractivity contribution in [2.24, 2.45) is 0 Å². The molecular weight excluding hydrogens is 248 g/mol. The standard InChI is InChI=1S/C13H8N2O4/c16-5-7-1-2-12(19-7)8-3-10-11(15-6-14-10)4-9(8)13(17)18/h1-6H,(H,14,15)(H,17,18). The first kappa shape index (κ1) is 11.2. The number of benzene rings is 1. The number of nitrogens with zero attached hydrogens (tertiary/aromatic N) is 1. The summed E-state index contributed by atoms with van der Waals surface area (Å²) in [4.78, 5) is 28.8. The molecule has 2 N–H and O–H groups in total. The molecule has 2 aromatic heterocycles. The molecule has 0 spiro atoms. The van der Waals surface area contributed by atoms with Crippen molar-refractivity contribution in [3.63, 3.8) is 0 Å². The highest BCUT2D eigenvalue weighted by Gasteiger charge is 2.17. The SMILES string of the molecule is O=Cc1ccc(-c2cc3[nH]cnc3cc2C(=O)O)o1. The summed E-state index contributed by atoms with van der Waals surface area (Å²) < 4.78 is 5.27. The van der Waals surface area contributed by atoms with Crippen LogP contribution >= 0.6 is 0 Å². The lowest BCUT2D eigenvalue weighted by molar-refractivity contribution is 0.0697. The number of carbonyl (C=O) groups is 2. The van der Waals surface area contributed by atoms with E-state index in [1.807, 2.05) is 0 Å². The smallest absolute Gasteiger partial charge is 0.336 e. The minimum absolute atomic E-state index is 0.0754. The molecule has 0 unspecified atom stereocenters. The molecule has 3 aromatic rings. The number of hydrogen-bond donors (Lipinski definition) is 2. The fourth-order valence-corrected chi connectivity index (χ4v) is 1.92. The Morgan fingerprint density at radius 1 is 1.37 bits per heavy atom. The average molecular weight is 256 g/mol. The molecule has 0 bridgehead atoms. The molecule has 0 saturated heterocycles. The molecule has 1 aromatic carbocycles. The van der Waals surface area contributed by atoms with Crippen LogP contribution in [0.4, 0.5) is 0 Å². The zero-order valence-corrected chi connectivity index (χ0v) is 9.58. The molecular formula is C13H8N2O4. The van der Waals surface area contributed by atoms with Gasteiger partial charge in [-0.3, -0.25) is 4.79 Å². The number of fused-ring (bicyclic) bond motifs is 1. The topological polar surface area (TPSA) is 96.2 Å². The van der Waals surface area contributed by atoms with Crippen LogP contribution in [0.15, 0.2) is 35.0 Å². The maximum absolute atomic E-state index is 11.3. The number of carboxylic acid groups (broad SMARTS) is 1. The molecule has 0 amide bonds. The third-order valence-corrected chi connectivity index (χ3v) is 2.80. The molecule has 19 heavy (non-hydrogen) atoms. The fourth-order valence-electron chi connectivity index (χ4n) is 1.92. The lowest BCUT2D eigenvalue weighted by Gasteiger charge is -2.03. The van der Waals surface area contributed by atoms with Gasteiger partial charge < -0.3 is 14.5 Å². The third kappa shape index (κ3) is 1.79. The number of rotatable bonds is 3. The molecule has 0 radical (unpaired) electrons. The van der Waals surface area contributed by atoms with E-state index in [0.29, 0.717) is 28.6 Å². The number of hydrogen-bond acceptors (Lipinski definition) is 4. The van der Waals surface area contributed by atoms with Crippen LogP contribution < -0.4 is 0 Å². The van der Waals surface area contributed by atoms with Crippen LogP contribution in [0.1, 0.15) is 20.9 Å². The highest BCUT2D eigenvalue weighted by molar-refractivity contribution is 6.00. The predicted octanol–water partition coefficient (Wildman–Crippen LogP) is 2.33. The van der Waals surface area contributed by atoms with Gasteiger partial charge in [0, 0.05) is 5.56 Å². The zero-order valence-electron chi connectivity index (χ0n) is 9.58. The van der Waals surface area contributed by atoms with Crippen molar-refractivity contribution in [3.05, 3.63) is 41.9 Å². The zero-order chi connectivity index (χ0) is 13.4. The number of imidazole rings is 1. The van der Waals surface area contributed by atoms with E-state index in [2.05, 4.69) is 9.97 Å². The van der Waals surface area contributed by atoms with Crippen molar-refractivity contribution in [3.8, 4) is 11.3 Å². The molecule has 0 atom stereocenters. The Labute approximate surface area is 106 Å². The summed E-state index contributed by atoms with van der Waals surface area (Å²) in [5, 5.41) is 9.24. The Hall–Kier alpha value is -2.89. The number of nitrogens with one attached hydrogen (secondary N) is 1. The second-order valence-corrected chi connectivity index (χ2v) is 3.94.